The minimum atomic E-state index is -0.0552. The lowest BCUT2D eigenvalue weighted by Crippen LogP contribution is -2.41. The molecule has 0 spiro atoms. The molecule has 1 aliphatic rings. The van der Waals surface area contributed by atoms with Crippen LogP contribution < -0.4 is 15.4 Å². The van der Waals surface area contributed by atoms with E-state index < -0.39 is 0 Å². The Morgan fingerprint density at radius 1 is 1.07 bits per heavy atom. The number of ether oxygens (including phenoxy) is 1. The molecule has 148 valence electrons. The van der Waals surface area contributed by atoms with Crippen molar-refractivity contribution in [2.75, 3.05) is 37.4 Å². The van der Waals surface area contributed by atoms with Gasteiger partial charge in [0, 0.05) is 15.2 Å². The molecule has 3 rings (SSSR count). The lowest BCUT2D eigenvalue weighted by atomic mass is 9.95. The number of benzene rings is 2. The molecule has 1 saturated heterocycles. The quantitative estimate of drug-likeness (QED) is 0.604. The Bertz CT molecular complexity index is 818. The molecule has 1 aliphatic heterocycles. The minimum Gasteiger partial charge on any atom is -0.495 e. The van der Waals surface area contributed by atoms with Gasteiger partial charge in [-0.05, 0) is 84.9 Å². The Kier molecular flexibility index (Phi) is 7.27. The molecule has 0 aromatic heterocycles. The smallest absolute Gasteiger partial charge is 0.238 e. The van der Waals surface area contributed by atoms with Crippen LogP contribution in [0.1, 0.15) is 12.8 Å². The second-order valence-corrected chi connectivity index (χ2v) is 8.04. The molecule has 28 heavy (non-hydrogen) atoms. The molecule has 0 bridgehead atoms. The predicted molar refractivity (Wildman–Crippen MR) is 119 cm³/mol. The summed E-state index contributed by atoms with van der Waals surface area (Å²) in [6.45, 7) is 1.79. The van der Waals surface area contributed by atoms with Crippen molar-refractivity contribution >= 4 is 45.8 Å². The van der Waals surface area contributed by atoms with Crippen LogP contribution in [0.2, 0.25) is 0 Å². The van der Waals surface area contributed by atoms with E-state index in [2.05, 4.69) is 38.1 Å². The van der Waals surface area contributed by atoms with E-state index in [0.29, 0.717) is 18.0 Å². The molecule has 0 unspecified atom stereocenters. The van der Waals surface area contributed by atoms with E-state index in [1.54, 1.807) is 7.11 Å². The zero-order chi connectivity index (χ0) is 19.9. The Labute approximate surface area is 178 Å². The molecule has 0 atom stereocenters. The van der Waals surface area contributed by atoms with Crippen molar-refractivity contribution < 1.29 is 14.3 Å². The van der Waals surface area contributed by atoms with E-state index in [9.17, 15) is 9.59 Å². The normalized spacial score (nSPS) is 15.1. The number of hydrogen-bond donors (Lipinski definition) is 2. The number of carbonyl (C=O) groups excluding carboxylic acids is 2. The van der Waals surface area contributed by atoms with Crippen molar-refractivity contribution in [1.29, 1.82) is 0 Å². The highest BCUT2D eigenvalue weighted by molar-refractivity contribution is 14.1. The molecule has 1 fully saturated rings. The molecule has 0 saturated carbocycles. The summed E-state index contributed by atoms with van der Waals surface area (Å²) in [5.41, 5.74) is 1.49. The molecule has 2 N–H and O–H groups in total. The fourth-order valence-corrected chi connectivity index (χ4v) is 3.63. The molecule has 2 aromatic rings. The lowest BCUT2D eigenvalue weighted by Gasteiger charge is -2.30. The number of amides is 2. The topological polar surface area (TPSA) is 70.7 Å². The van der Waals surface area contributed by atoms with Gasteiger partial charge in [-0.2, -0.15) is 0 Å². The van der Waals surface area contributed by atoms with Gasteiger partial charge in [-0.25, -0.2) is 0 Å². The van der Waals surface area contributed by atoms with E-state index in [-0.39, 0.29) is 17.7 Å². The van der Waals surface area contributed by atoms with Crippen molar-refractivity contribution in [1.82, 2.24) is 4.90 Å². The number of piperidine rings is 1. The predicted octanol–water partition coefficient (Wildman–Crippen LogP) is 3.59. The van der Waals surface area contributed by atoms with Crippen LogP contribution in [0, 0.1) is 9.49 Å². The number of rotatable bonds is 6. The van der Waals surface area contributed by atoms with Crippen LogP contribution in [0.3, 0.4) is 0 Å². The SMILES string of the molecule is COc1ccccc1NC(=O)C1CCN(CC(=O)Nc2ccc(I)cc2)CC1. The summed E-state index contributed by atoms with van der Waals surface area (Å²) in [6.07, 6.45) is 1.47. The van der Waals surface area contributed by atoms with Gasteiger partial charge in [0.05, 0.1) is 19.3 Å². The second-order valence-electron chi connectivity index (χ2n) is 6.80. The maximum Gasteiger partial charge on any atom is 0.238 e. The summed E-state index contributed by atoms with van der Waals surface area (Å²) in [6, 6.07) is 15.1. The number of para-hydroxylation sites is 2. The number of carbonyl (C=O) groups is 2. The van der Waals surface area contributed by atoms with Crippen molar-refractivity contribution in [3.63, 3.8) is 0 Å². The second kappa shape index (κ2) is 9.88. The zero-order valence-electron chi connectivity index (χ0n) is 15.8. The summed E-state index contributed by atoms with van der Waals surface area (Å²) in [7, 11) is 1.59. The van der Waals surface area contributed by atoms with Gasteiger partial charge in [0.2, 0.25) is 11.8 Å². The summed E-state index contributed by atoms with van der Waals surface area (Å²) >= 11 is 2.23. The standard InChI is InChI=1S/C21H24IN3O3/c1-28-19-5-3-2-4-18(19)24-21(27)15-10-12-25(13-11-15)14-20(26)23-17-8-6-16(22)7-9-17/h2-9,15H,10-14H2,1H3,(H,23,26)(H,24,27). The van der Waals surface area contributed by atoms with Gasteiger partial charge in [0.1, 0.15) is 5.75 Å². The molecule has 2 aromatic carbocycles. The number of methoxy groups -OCH3 is 1. The van der Waals surface area contributed by atoms with E-state index in [0.717, 1.165) is 35.2 Å². The summed E-state index contributed by atoms with van der Waals surface area (Å²) < 4.78 is 6.41. The van der Waals surface area contributed by atoms with Gasteiger partial charge < -0.3 is 15.4 Å². The van der Waals surface area contributed by atoms with Gasteiger partial charge in [0.15, 0.2) is 0 Å². The van der Waals surface area contributed by atoms with Gasteiger partial charge in [0.25, 0.3) is 0 Å². The molecule has 7 heteroatoms. The minimum absolute atomic E-state index is 0.00694. The Morgan fingerprint density at radius 3 is 2.43 bits per heavy atom. The van der Waals surface area contributed by atoms with Crippen LogP contribution in [0.25, 0.3) is 0 Å². The molecule has 1 heterocycles. The average molecular weight is 493 g/mol. The van der Waals surface area contributed by atoms with Gasteiger partial charge in [-0.3, -0.25) is 14.5 Å². The van der Waals surface area contributed by atoms with Crippen LogP contribution in [-0.4, -0.2) is 43.5 Å². The van der Waals surface area contributed by atoms with Crippen molar-refractivity contribution in [3.05, 3.63) is 52.1 Å². The summed E-state index contributed by atoms with van der Waals surface area (Å²) in [4.78, 5) is 26.9. The number of nitrogens with zero attached hydrogens (tertiary/aromatic N) is 1. The number of likely N-dealkylation sites (tertiary alicyclic amines) is 1. The van der Waals surface area contributed by atoms with Crippen LogP contribution in [0.4, 0.5) is 11.4 Å². The highest BCUT2D eigenvalue weighted by atomic mass is 127. The molecular formula is C21H24IN3O3. The first kappa shape index (κ1) is 20.6. The molecule has 0 radical (unpaired) electrons. The third-order valence-electron chi connectivity index (χ3n) is 4.82. The average Bonchev–Trinajstić information content (AvgIpc) is 2.70. The third-order valence-corrected chi connectivity index (χ3v) is 5.54. The number of anilines is 2. The summed E-state index contributed by atoms with van der Waals surface area (Å²) in [5.74, 6) is 0.576. The van der Waals surface area contributed by atoms with Crippen LogP contribution in [0.15, 0.2) is 48.5 Å². The highest BCUT2D eigenvalue weighted by Gasteiger charge is 2.26. The molecule has 2 amide bonds. The van der Waals surface area contributed by atoms with Crippen molar-refractivity contribution in [2.45, 2.75) is 12.8 Å². The van der Waals surface area contributed by atoms with Crippen LogP contribution in [0.5, 0.6) is 5.75 Å². The van der Waals surface area contributed by atoms with Crippen molar-refractivity contribution in [3.8, 4) is 5.75 Å². The largest absolute Gasteiger partial charge is 0.495 e. The van der Waals surface area contributed by atoms with Gasteiger partial charge >= 0.3 is 0 Å². The maximum atomic E-state index is 12.6. The first-order chi connectivity index (χ1) is 13.5. The fraction of sp³-hybridized carbons (Fsp3) is 0.333. The van der Waals surface area contributed by atoms with Gasteiger partial charge in [-0.1, -0.05) is 12.1 Å². The highest BCUT2D eigenvalue weighted by Crippen LogP contribution is 2.25. The van der Waals surface area contributed by atoms with E-state index in [1.165, 1.54) is 0 Å². The van der Waals surface area contributed by atoms with Gasteiger partial charge in [-0.15, -0.1) is 0 Å². The van der Waals surface area contributed by atoms with Crippen LogP contribution >= 0.6 is 22.6 Å². The van der Waals surface area contributed by atoms with E-state index in [1.807, 2.05) is 48.5 Å². The first-order valence-corrected chi connectivity index (χ1v) is 10.3. The fourth-order valence-electron chi connectivity index (χ4n) is 3.27. The molecule has 6 nitrogen and oxygen atoms in total. The zero-order valence-corrected chi connectivity index (χ0v) is 17.9. The van der Waals surface area contributed by atoms with E-state index in [4.69, 9.17) is 4.74 Å². The van der Waals surface area contributed by atoms with E-state index >= 15 is 0 Å². The Hall–Kier alpha value is -2.13. The molecule has 0 aliphatic carbocycles. The Morgan fingerprint density at radius 2 is 1.75 bits per heavy atom. The third kappa shape index (κ3) is 5.68. The van der Waals surface area contributed by atoms with Crippen molar-refractivity contribution in [2.24, 2.45) is 5.92 Å². The lowest BCUT2D eigenvalue weighted by molar-refractivity contribution is -0.121. The monoisotopic (exact) mass is 493 g/mol. The first-order valence-electron chi connectivity index (χ1n) is 9.27. The molecular weight excluding hydrogens is 469 g/mol. The number of hydrogen-bond acceptors (Lipinski definition) is 4. The number of nitrogens with one attached hydrogen (secondary N) is 2. The number of halogens is 1. The maximum absolute atomic E-state index is 12.6. The Balaban J connectivity index is 1.45. The van der Waals surface area contributed by atoms with Crippen LogP contribution in [-0.2, 0) is 9.59 Å². The summed E-state index contributed by atoms with van der Waals surface area (Å²) in [5, 5.41) is 5.88.